The quantitative estimate of drug-likeness (QED) is 0.0197. The fourth-order valence-electron chi connectivity index (χ4n) is 18.4. The maximum absolute atomic E-state index is 13.1. The van der Waals surface area contributed by atoms with Crippen LogP contribution in [0.1, 0.15) is 598 Å². The van der Waals surface area contributed by atoms with Gasteiger partial charge in [-0.1, -0.05) is 510 Å². The lowest BCUT2D eigenvalue weighted by Gasteiger charge is -2.18. The Kier molecular flexibility index (Phi) is 96.6. The van der Waals surface area contributed by atoms with Crippen LogP contribution in [0.4, 0.5) is 0 Å². The van der Waals surface area contributed by atoms with Gasteiger partial charge in [0.15, 0.2) is 0 Å². The van der Waals surface area contributed by atoms with Crippen molar-refractivity contribution in [3.63, 3.8) is 0 Å². The molecule has 6 amide bonds. The van der Waals surface area contributed by atoms with E-state index in [1.54, 1.807) is 31.4 Å². The maximum atomic E-state index is 13.1. The van der Waals surface area contributed by atoms with Gasteiger partial charge in [0.25, 0.3) is 0 Å². The van der Waals surface area contributed by atoms with Crippen molar-refractivity contribution in [3.05, 3.63) is 66.8 Å². The highest BCUT2D eigenvalue weighted by Crippen LogP contribution is 2.22. The first-order chi connectivity index (χ1) is 66.4. The molecule has 18 nitrogen and oxygen atoms in total. The Morgan fingerprint density at radius 3 is 0.674 bits per heavy atom. The van der Waals surface area contributed by atoms with Crippen LogP contribution in [-0.2, 0) is 55.1 Å². The molecule has 0 spiro atoms. The minimum Gasteiger partial charge on any atom is -0.354 e. The number of amides is 6. The van der Waals surface area contributed by atoms with Crippen molar-refractivity contribution in [2.24, 2.45) is 7.05 Å². The first-order valence-corrected chi connectivity index (χ1v) is 58.7. The topological polar surface area (TPSA) is 250 Å². The van der Waals surface area contributed by atoms with Gasteiger partial charge in [-0.15, -0.1) is 0 Å². The van der Waals surface area contributed by atoms with Crippen molar-refractivity contribution in [1.82, 2.24) is 61.4 Å². The molecule has 3 heterocycles. The Morgan fingerprint density at radius 2 is 0.474 bits per heavy atom. The molecular formula is C117H220N12O6. The van der Waals surface area contributed by atoms with Crippen molar-refractivity contribution < 1.29 is 28.8 Å². The van der Waals surface area contributed by atoms with E-state index in [-0.39, 0.29) is 35.4 Å². The van der Waals surface area contributed by atoms with Gasteiger partial charge >= 0.3 is 0 Å². The number of carbonyl (C=O) groups is 6. The Bertz CT molecular complexity index is 3010. The lowest BCUT2D eigenvalue weighted by molar-refractivity contribution is -0.129. The number of carbonyl (C=O) groups excluding carboxylic acids is 6. The van der Waals surface area contributed by atoms with Crippen LogP contribution in [0.15, 0.2) is 49.7 Å². The van der Waals surface area contributed by atoms with Gasteiger partial charge < -0.3 is 46.4 Å². The second kappa shape index (κ2) is 103. The summed E-state index contributed by atoms with van der Waals surface area (Å²) in [6, 6.07) is -1.69. The van der Waals surface area contributed by atoms with Crippen molar-refractivity contribution in [2.75, 3.05) is 19.6 Å². The predicted molar refractivity (Wildman–Crippen MR) is 577 cm³/mol. The molecule has 3 aromatic heterocycles. The summed E-state index contributed by atoms with van der Waals surface area (Å²) in [6.07, 6.45) is 123. The molecule has 3 rings (SSSR count). The van der Waals surface area contributed by atoms with Crippen LogP contribution in [0.5, 0.6) is 0 Å². The van der Waals surface area contributed by atoms with Crippen LogP contribution in [0.25, 0.3) is 0 Å². The molecule has 135 heavy (non-hydrogen) atoms. The highest BCUT2D eigenvalue weighted by Gasteiger charge is 2.25. The minimum absolute atomic E-state index is 0.0225. The zero-order chi connectivity index (χ0) is 97.6. The summed E-state index contributed by atoms with van der Waals surface area (Å²) in [5, 5.41) is 18.3. The fraction of sp³-hybridized carbons (Fsp3) is 0.855. The predicted octanol–water partition coefficient (Wildman–Crippen LogP) is 32.1. The fourth-order valence-corrected chi connectivity index (χ4v) is 18.4. The van der Waals surface area contributed by atoms with E-state index in [0.29, 0.717) is 58.2 Å². The lowest BCUT2D eigenvalue weighted by atomic mass is 10.0. The summed E-state index contributed by atoms with van der Waals surface area (Å²) in [7, 11) is 1.93. The summed E-state index contributed by atoms with van der Waals surface area (Å²) in [4.78, 5) is 95.8. The minimum atomic E-state index is -0.569. The third kappa shape index (κ3) is 89.3. The number of hydrogen-bond donors (Lipinski definition) is 8. The zero-order valence-corrected chi connectivity index (χ0v) is 89.7. The number of allylic oxidation sites excluding steroid dienone is 2. The number of unbranched alkanes of at least 4 members (excludes halogenated alkanes) is 74. The largest absolute Gasteiger partial charge is 0.354 e. The Morgan fingerprint density at radius 1 is 0.274 bits per heavy atom. The molecule has 0 saturated heterocycles. The number of aromatic amines is 2. The molecule has 18 heteroatoms. The molecule has 0 aromatic carbocycles. The number of hydrogen-bond acceptors (Lipinski definition) is 9. The molecule has 3 atom stereocenters. The standard InChI is InChI=1S/C42H78N4O2.C39H74N4O2.C36H68N4O2/c1-3-5-7-9-11-13-15-17-19-21-23-25-27-29-31-33-35-44-42(48)40(36-39-37-43-38-45-39)46-41(47)34-32-30-28-26-24-22-20-18-16-14-12-10-8-6-4-2;1-4-6-8-10-12-14-16-18-20-22-24-26-28-30-32-40-39(45)37(33-36-34-43(3)35-41-36)42-38(44)31-29-27-25-23-21-19-17-15-13-11-9-7-5-2;1-3-5-7-9-11-13-15-17-18-20-22-24-26-28-35(41)40-34(30-33-31-37-32-39-33)36(42)38-29-27-25-23-21-19-16-14-12-10-8-6-4-2/h17,19,37-38,40H,3-16,18,20-36H2,1-2H3,(H,43,45)(H,44,48)(H,46,47);34-35,37H,4-33H2,1-3H3,(H,40,45)(H,42,44);31-32,34H,3-30H2,1-2H3,(H,37,39)(H,38,42)(H,40,41)/b19-17+;;. The van der Waals surface area contributed by atoms with Gasteiger partial charge in [0.05, 0.1) is 24.7 Å². The van der Waals surface area contributed by atoms with Gasteiger partial charge in [0.2, 0.25) is 35.4 Å². The van der Waals surface area contributed by atoms with Crippen LogP contribution in [0.3, 0.4) is 0 Å². The third-order valence-electron chi connectivity index (χ3n) is 27.3. The monoisotopic (exact) mass is 1890 g/mol. The van der Waals surface area contributed by atoms with E-state index in [4.69, 9.17) is 0 Å². The molecule has 0 saturated carbocycles. The van der Waals surface area contributed by atoms with E-state index in [0.717, 1.165) is 94.1 Å². The molecule has 8 N–H and O–H groups in total. The molecule has 0 fully saturated rings. The second-order valence-corrected chi connectivity index (χ2v) is 40.6. The maximum Gasteiger partial charge on any atom is 0.242 e. The Labute approximate surface area is 832 Å². The number of imidazole rings is 3. The summed E-state index contributed by atoms with van der Waals surface area (Å²) in [5.74, 6) is -0.349. The average Bonchev–Trinajstić information content (AvgIpc) is 1.90. The van der Waals surface area contributed by atoms with Crippen molar-refractivity contribution in [2.45, 2.75) is 618 Å². The first-order valence-electron chi connectivity index (χ1n) is 58.7. The summed E-state index contributed by atoms with van der Waals surface area (Å²) in [5.41, 5.74) is 2.55. The van der Waals surface area contributed by atoms with Gasteiger partial charge in [-0.05, 0) is 64.2 Å². The van der Waals surface area contributed by atoms with E-state index in [9.17, 15) is 28.8 Å². The number of aryl methyl sites for hydroxylation is 1. The van der Waals surface area contributed by atoms with Gasteiger partial charge in [0, 0.05) is 95.2 Å². The summed E-state index contributed by atoms with van der Waals surface area (Å²) >= 11 is 0. The molecule has 0 bridgehead atoms. The van der Waals surface area contributed by atoms with Gasteiger partial charge in [-0.25, -0.2) is 15.0 Å². The zero-order valence-electron chi connectivity index (χ0n) is 89.7. The van der Waals surface area contributed by atoms with E-state index in [1.807, 2.05) is 17.8 Å². The normalized spacial score (nSPS) is 12.0. The molecule has 3 unspecified atom stereocenters. The van der Waals surface area contributed by atoms with Crippen LogP contribution in [0.2, 0.25) is 0 Å². The van der Waals surface area contributed by atoms with Gasteiger partial charge in [-0.2, -0.15) is 0 Å². The van der Waals surface area contributed by atoms with Crippen LogP contribution in [-0.4, -0.2) is 103 Å². The average molecular weight is 1890 g/mol. The molecule has 3 aromatic rings. The van der Waals surface area contributed by atoms with Crippen LogP contribution < -0.4 is 31.9 Å². The molecule has 0 aliphatic heterocycles. The number of nitrogens with one attached hydrogen (secondary N) is 8. The van der Waals surface area contributed by atoms with E-state index in [2.05, 4.69) is 111 Å². The van der Waals surface area contributed by atoms with Crippen LogP contribution >= 0.6 is 0 Å². The van der Waals surface area contributed by atoms with Gasteiger partial charge in [-0.3, -0.25) is 28.8 Å². The number of rotatable bonds is 100. The molecular weight excluding hydrogens is 1670 g/mol. The molecule has 0 aliphatic rings. The highest BCUT2D eigenvalue weighted by molar-refractivity contribution is 5.89. The van der Waals surface area contributed by atoms with Gasteiger partial charge in [0.1, 0.15) is 18.1 Å². The highest BCUT2D eigenvalue weighted by atomic mass is 16.2. The third-order valence-corrected chi connectivity index (χ3v) is 27.3. The van der Waals surface area contributed by atoms with E-state index >= 15 is 0 Å². The van der Waals surface area contributed by atoms with Crippen molar-refractivity contribution in [3.8, 4) is 0 Å². The Hall–Kier alpha value is -5.81. The van der Waals surface area contributed by atoms with Crippen LogP contribution in [0, 0.1) is 0 Å². The lowest BCUT2D eigenvalue weighted by Crippen LogP contribution is -2.48. The molecule has 0 aliphatic carbocycles. The number of H-pyrrole nitrogens is 2. The number of nitrogens with zero attached hydrogens (tertiary/aromatic N) is 4. The SMILES string of the molecule is CCCCCCCC/C=C/CCCCCCCCNC(=O)C(Cc1cnc[nH]1)NC(=O)CCCCCCCCCCCCCCCCC.CCCCCCCCCCCCCCCC(=O)NC(Cc1cnc[nH]1)C(=O)NCCCCCCCCCCCCCC.CCCCCCCCCCCCCCCCNC(=O)C(Cc1cn(C)cn1)NC(=O)CCCCCCCCCCCCCCC. The van der Waals surface area contributed by atoms with E-state index < -0.39 is 18.1 Å². The first kappa shape index (κ1) is 127. The second-order valence-electron chi connectivity index (χ2n) is 40.6. The van der Waals surface area contributed by atoms with Crippen molar-refractivity contribution >= 4 is 35.4 Å². The molecule has 784 valence electrons. The molecule has 0 radical (unpaired) electrons. The van der Waals surface area contributed by atoms with Crippen molar-refractivity contribution in [1.29, 1.82) is 0 Å². The summed E-state index contributed by atoms with van der Waals surface area (Å²) in [6.45, 7) is 15.6. The Balaban J connectivity index is 0.00000101. The summed E-state index contributed by atoms with van der Waals surface area (Å²) < 4.78 is 1.88. The van der Waals surface area contributed by atoms with E-state index in [1.165, 1.54) is 443 Å². The number of aromatic nitrogens is 6. The smallest absolute Gasteiger partial charge is 0.242 e.